The van der Waals surface area contributed by atoms with E-state index in [-0.39, 0.29) is 5.82 Å². The van der Waals surface area contributed by atoms with E-state index in [1.165, 1.54) is 32.0 Å². The second kappa shape index (κ2) is 6.52. The fourth-order valence-corrected chi connectivity index (χ4v) is 4.92. The standard InChI is InChI=1S/C23H22FN5/c24-16-4-3-7-19-21(16)22(26-20-13-29-10-8-14(20)9-11-29)15(12-25-19)23-27-17-5-1-2-6-18(17)28-23/h1-7,12,14,20H,8-11,13H2,(H,25,26)(H,27,28)/t20-/m0/s1. The quantitative estimate of drug-likeness (QED) is 0.546. The van der Waals surface area contributed by atoms with E-state index in [4.69, 9.17) is 4.98 Å². The molecule has 4 aromatic rings. The van der Waals surface area contributed by atoms with Crippen LogP contribution in [0.25, 0.3) is 33.3 Å². The normalized spacial score (nSPS) is 23.7. The molecule has 0 saturated carbocycles. The Morgan fingerprint density at radius 1 is 1.03 bits per heavy atom. The Morgan fingerprint density at radius 2 is 1.86 bits per heavy atom. The molecule has 3 saturated heterocycles. The number of aromatic nitrogens is 3. The number of fused-ring (bicyclic) bond motifs is 5. The van der Waals surface area contributed by atoms with Crippen LogP contribution < -0.4 is 5.32 Å². The Kier molecular flexibility index (Phi) is 3.81. The van der Waals surface area contributed by atoms with E-state index in [0.717, 1.165) is 28.8 Å². The molecule has 5 nitrogen and oxygen atoms in total. The molecule has 1 atom stereocenters. The summed E-state index contributed by atoms with van der Waals surface area (Å²) >= 11 is 0. The number of pyridine rings is 1. The van der Waals surface area contributed by atoms with Gasteiger partial charge in [0.15, 0.2) is 0 Å². The maximum atomic E-state index is 15.0. The van der Waals surface area contributed by atoms with E-state index in [1.54, 1.807) is 6.07 Å². The van der Waals surface area contributed by atoms with Crippen molar-refractivity contribution in [1.29, 1.82) is 0 Å². The summed E-state index contributed by atoms with van der Waals surface area (Å²) in [4.78, 5) is 15.2. The van der Waals surface area contributed by atoms with Gasteiger partial charge < -0.3 is 15.2 Å². The number of rotatable bonds is 3. The van der Waals surface area contributed by atoms with Gasteiger partial charge in [-0.05, 0) is 56.1 Å². The number of nitrogens with one attached hydrogen (secondary N) is 2. The zero-order chi connectivity index (χ0) is 19.4. The first-order valence-corrected chi connectivity index (χ1v) is 10.3. The number of hydrogen-bond donors (Lipinski definition) is 2. The lowest BCUT2D eigenvalue weighted by molar-refractivity contribution is 0.0976. The molecule has 2 aromatic heterocycles. The van der Waals surface area contributed by atoms with E-state index in [1.807, 2.05) is 36.5 Å². The first-order valence-electron chi connectivity index (χ1n) is 10.3. The summed E-state index contributed by atoms with van der Waals surface area (Å²) in [5, 5.41) is 4.27. The van der Waals surface area contributed by atoms with Crippen LogP contribution in [0.3, 0.4) is 0 Å². The van der Waals surface area contributed by atoms with E-state index in [2.05, 4.69) is 20.2 Å². The minimum Gasteiger partial charge on any atom is -0.379 e. The summed E-state index contributed by atoms with van der Waals surface area (Å²) in [5.74, 6) is 1.09. The summed E-state index contributed by atoms with van der Waals surface area (Å²) in [5.41, 5.74) is 4.13. The van der Waals surface area contributed by atoms with Crippen molar-refractivity contribution in [3.05, 3.63) is 54.5 Å². The van der Waals surface area contributed by atoms with Crippen LogP contribution in [0.2, 0.25) is 0 Å². The third kappa shape index (κ3) is 2.78. The lowest BCUT2D eigenvalue weighted by atomic mass is 9.83. The topological polar surface area (TPSA) is 56.8 Å². The number of para-hydroxylation sites is 2. The zero-order valence-electron chi connectivity index (χ0n) is 16.0. The molecule has 6 heteroatoms. The summed E-state index contributed by atoms with van der Waals surface area (Å²) in [6.07, 6.45) is 4.20. The number of anilines is 1. The van der Waals surface area contributed by atoms with Crippen molar-refractivity contribution in [2.24, 2.45) is 5.92 Å². The van der Waals surface area contributed by atoms with Gasteiger partial charge in [-0.1, -0.05) is 18.2 Å². The molecule has 0 spiro atoms. The lowest BCUT2D eigenvalue weighted by Gasteiger charge is -2.45. The molecule has 2 N–H and O–H groups in total. The molecule has 7 rings (SSSR count). The highest BCUT2D eigenvalue weighted by Gasteiger charge is 2.35. The average molecular weight is 387 g/mol. The lowest BCUT2D eigenvalue weighted by Crippen LogP contribution is -2.53. The number of nitrogens with zero attached hydrogens (tertiary/aromatic N) is 3. The Balaban J connectivity index is 1.53. The van der Waals surface area contributed by atoms with Gasteiger partial charge in [0.1, 0.15) is 11.6 Å². The van der Waals surface area contributed by atoms with Gasteiger partial charge in [0.05, 0.1) is 33.2 Å². The number of halogens is 1. The van der Waals surface area contributed by atoms with Crippen LogP contribution in [0.15, 0.2) is 48.7 Å². The van der Waals surface area contributed by atoms with Gasteiger partial charge in [-0.2, -0.15) is 0 Å². The maximum absolute atomic E-state index is 15.0. The second-order valence-corrected chi connectivity index (χ2v) is 8.17. The summed E-state index contributed by atoms with van der Waals surface area (Å²) in [6.45, 7) is 3.35. The maximum Gasteiger partial charge on any atom is 0.142 e. The number of H-pyrrole nitrogens is 1. The van der Waals surface area contributed by atoms with Crippen LogP contribution >= 0.6 is 0 Å². The average Bonchev–Trinajstić information content (AvgIpc) is 3.19. The van der Waals surface area contributed by atoms with Crippen LogP contribution in [-0.2, 0) is 0 Å². The van der Waals surface area contributed by atoms with Crippen LogP contribution in [0, 0.1) is 11.7 Å². The highest BCUT2D eigenvalue weighted by molar-refractivity contribution is 5.99. The molecule has 5 heterocycles. The SMILES string of the molecule is Fc1cccc2ncc(-c3nc4ccccc4[nH]3)c(N[C@H]3CN4CCC3CC4)c12. The first-order chi connectivity index (χ1) is 14.3. The number of benzene rings is 2. The predicted molar refractivity (Wildman–Crippen MR) is 113 cm³/mol. The molecule has 146 valence electrons. The second-order valence-electron chi connectivity index (χ2n) is 8.17. The van der Waals surface area contributed by atoms with Gasteiger partial charge in [-0.25, -0.2) is 9.37 Å². The first kappa shape index (κ1) is 16.9. The number of hydrogen-bond acceptors (Lipinski definition) is 4. The highest BCUT2D eigenvalue weighted by atomic mass is 19.1. The monoisotopic (exact) mass is 387 g/mol. The molecule has 0 radical (unpaired) electrons. The van der Waals surface area contributed by atoms with Crippen molar-refractivity contribution < 1.29 is 4.39 Å². The molecule has 2 aromatic carbocycles. The molecule has 3 aliphatic heterocycles. The Hall–Kier alpha value is -2.99. The molecule has 3 aliphatic rings. The van der Waals surface area contributed by atoms with Crippen LogP contribution in [0.1, 0.15) is 12.8 Å². The van der Waals surface area contributed by atoms with Crippen LogP contribution in [0.5, 0.6) is 0 Å². The molecule has 0 amide bonds. The molecule has 3 fully saturated rings. The summed E-state index contributed by atoms with van der Waals surface area (Å²) in [6, 6.07) is 13.3. The van der Waals surface area contributed by atoms with Gasteiger partial charge >= 0.3 is 0 Å². The van der Waals surface area contributed by atoms with Crippen molar-refractivity contribution >= 4 is 27.6 Å². The molecule has 0 aliphatic carbocycles. The fraction of sp³-hybridized carbons (Fsp3) is 0.304. The Labute approximate surface area is 168 Å². The van der Waals surface area contributed by atoms with E-state index < -0.39 is 0 Å². The predicted octanol–water partition coefficient (Wildman–Crippen LogP) is 4.42. The summed E-state index contributed by atoms with van der Waals surface area (Å²) in [7, 11) is 0. The molecular weight excluding hydrogens is 365 g/mol. The fourth-order valence-electron chi connectivity index (χ4n) is 4.92. The van der Waals surface area contributed by atoms with Gasteiger partial charge in [-0.3, -0.25) is 4.98 Å². The molecule has 2 bridgehead atoms. The highest BCUT2D eigenvalue weighted by Crippen LogP contribution is 2.38. The van der Waals surface area contributed by atoms with Crippen molar-refractivity contribution in [2.45, 2.75) is 18.9 Å². The van der Waals surface area contributed by atoms with Gasteiger partial charge in [0, 0.05) is 18.8 Å². The summed E-state index contributed by atoms with van der Waals surface area (Å²) < 4.78 is 15.0. The number of aromatic amines is 1. The minimum atomic E-state index is -0.253. The van der Waals surface area contributed by atoms with E-state index in [0.29, 0.717) is 28.7 Å². The van der Waals surface area contributed by atoms with Gasteiger partial charge in [0.25, 0.3) is 0 Å². The third-order valence-electron chi connectivity index (χ3n) is 6.47. The van der Waals surface area contributed by atoms with Crippen molar-refractivity contribution in [3.63, 3.8) is 0 Å². The molecule has 0 unspecified atom stereocenters. The third-order valence-corrected chi connectivity index (χ3v) is 6.47. The van der Waals surface area contributed by atoms with Gasteiger partial charge in [-0.15, -0.1) is 0 Å². The minimum absolute atomic E-state index is 0.253. The van der Waals surface area contributed by atoms with Crippen molar-refractivity contribution in [2.75, 3.05) is 25.0 Å². The zero-order valence-corrected chi connectivity index (χ0v) is 16.0. The largest absolute Gasteiger partial charge is 0.379 e. The van der Waals surface area contributed by atoms with E-state index >= 15 is 0 Å². The molecule has 29 heavy (non-hydrogen) atoms. The van der Waals surface area contributed by atoms with Crippen molar-refractivity contribution in [3.8, 4) is 11.4 Å². The number of imidazole rings is 1. The molecular formula is C23H22FN5. The Morgan fingerprint density at radius 3 is 2.66 bits per heavy atom. The smallest absolute Gasteiger partial charge is 0.142 e. The van der Waals surface area contributed by atoms with Crippen LogP contribution in [0.4, 0.5) is 10.1 Å². The van der Waals surface area contributed by atoms with Crippen LogP contribution in [-0.4, -0.2) is 45.5 Å². The van der Waals surface area contributed by atoms with Gasteiger partial charge in [0.2, 0.25) is 0 Å². The number of piperidine rings is 3. The van der Waals surface area contributed by atoms with E-state index in [9.17, 15) is 4.39 Å². The van der Waals surface area contributed by atoms with Crippen molar-refractivity contribution in [1.82, 2.24) is 19.9 Å². The Bertz CT molecular complexity index is 1180.